The van der Waals surface area contributed by atoms with Crippen LogP contribution in [-0.2, 0) is 17.6 Å². The van der Waals surface area contributed by atoms with Crippen LogP contribution < -0.4 is 14.8 Å². The van der Waals surface area contributed by atoms with Crippen molar-refractivity contribution in [1.82, 2.24) is 0 Å². The van der Waals surface area contributed by atoms with Crippen LogP contribution in [0.3, 0.4) is 0 Å². The van der Waals surface area contributed by atoms with Crippen LogP contribution in [0.4, 0.5) is 23.2 Å². The SMILES string of the molecule is COc1cc(/C=C(\C#N)C(=O)Nc2cccc(C(F)(F)F)c2)cc(I)c1OCc1ccccc1F. The summed E-state index contributed by atoms with van der Waals surface area (Å²) in [7, 11) is 1.40. The quantitative estimate of drug-likeness (QED) is 0.145. The van der Waals surface area contributed by atoms with E-state index in [9.17, 15) is 27.6 Å². The van der Waals surface area contributed by atoms with Crippen LogP contribution in [0.1, 0.15) is 16.7 Å². The summed E-state index contributed by atoms with van der Waals surface area (Å²) in [5.74, 6) is -0.650. The third-order valence-corrected chi connectivity index (χ3v) is 5.51. The molecule has 0 bridgehead atoms. The summed E-state index contributed by atoms with van der Waals surface area (Å²) in [5, 5.41) is 11.8. The van der Waals surface area contributed by atoms with E-state index in [0.717, 1.165) is 18.2 Å². The van der Waals surface area contributed by atoms with E-state index < -0.39 is 23.5 Å². The highest BCUT2D eigenvalue weighted by molar-refractivity contribution is 14.1. The van der Waals surface area contributed by atoms with E-state index >= 15 is 0 Å². The van der Waals surface area contributed by atoms with E-state index in [-0.39, 0.29) is 23.6 Å². The second kappa shape index (κ2) is 11.2. The lowest BCUT2D eigenvalue weighted by Crippen LogP contribution is -2.14. The first-order valence-electron chi connectivity index (χ1n) is 9.96. The summed E-state index contributed by atoms with van der Waals surface area (Å²) < 4.78 is 64.3. The van der Waals surface area contributed by atoms with Crippen molar-refractivity contribution < 1.29 is 31.8 Å². The van der Waals surface area contributed by atoms with Crippen LogP contribution in [-0.4, -0.2) is 13.0 Å². The molecular weight excluding hydrogens is 579 g/mol. The molecule has 10 heteroatoms. The number of carbonyl (C=O) groups is 1. The smallest absolute Gasteiger partial charge is 0.416 e. The van der Waals surface area contributed by atoms with E-state index in [2.05, 4.69) is 5.32 Å². The van der Waals surface area contributed by atoms with Crippen molar-refractivity contribution in [3.8, 4) is 17.6 Å². The molecule has 3 aromatic rings. The Balaban J connectivity index is 1.83. The normalized spacial score (nSPS) is 11.5. The number of nitrogens with one attached hydrogen (secondary N) is 1. The Kier molecular flexibility index (Phi) is 8.34. The largest absolute Gasteiger partial charge is 0.493 e. The van der Waals surface area contributed by atoms with E-state index in [1.165, 1.54) is 31.4 Å². The van der Waals surface area contributed by atoms with Gasteiger partial charge in [-0.25, -0.2) is 4.39 Å². The average Bonchev–Trinajstić information content (AvgIpc) is 2.82. The number of halogens is 5. The standard InChI is InChI=1S/C25H17F4IN2O3/c1-34-22-11-15(10-21(30)23(22)35-14-16-5-2-3-8-20(16)26)9-17(13-31)24(33)32-19-7-4-6-18(12-19)25(27,28)29/h2-12H,14H2,1H3,(H,32,33)/b17-9+. The molecule has 35 heavy (non-hydrogen) atoms. The number of amides is 1. The molecule has 180 valence electrons. The second-order valence-electron chi connectivity index (χ2n) is 7.12. The molecule has 0 radical (unpaired) electrons. The zero-order chi connectivity index (χ0) is 25.6. The highest BCUT2D eigenvalue weighted by atomic mass is 127. The van der Waals surface area contributed by atoms with Crippen molar-refractivity contribution in [2.45, 2.75) is 12.8 Å². The lowest BCUT2D eigenvalue weighted by atomic mass is 10.1. The summed E-state index contributed by atoms with van der Waals surface area (Å²) >= 11 is 1.97. The molecule has 0 unspecified atom stereocenters. The molecule has 0 aliphatic carbocycles. The van der Waals surface area contributed by atoms with Gasteiger partial charge in [0, 0.05) is 11.3 Å². The number of alkyl halides is 3. The van der Waals surface area contributed by atoms with Gasteiger partial charge in [-0.15, -0.1) is 0 Å². The predicted octanol–water partition coefficient (Wildman–Crippen LogP) is 6.58. The Morgan fingerprint density at radius 3 is 2.54 bits per heavy atom. The van der Waals surface area contributed by atoms with E-state index in [0.29, 0.717) is 20.4 Å². The van der Waals surface area contributed by atoms with Gasteiger partial charge in [-0.05, 0) is 70.6 Å². The molecule has 0 atom stereocenters. The molecule has 0 fully saturated rings. The lowest BCUT2D eigenvalue weighted by Gasteiger charge is -2.14. The van der Waals surface area contributed by atoms with E-state index in [1.807, 2.05) is 22.6 Å². The van der Waals surface area contributed by atoms with Crippen molar-refractivity contribution in [2.75, 3.05) is 12.4 Å². The van der Waals surface area contributed by atoms with Crippen LogP contribution in [0, 0.1) is 20.7 Å². The Labute approximate surface area is 212 Å². The molecule has 1 N–H and O–H groups in total. The van der Waals surface area contributed by atoms with Gasteiger partial charge < -0.3 is 14.8 Å². The molecule has 0 saturated carbocycles. The van der Waals surface area contributed by atoms with Crippen LogP contribution in [0.2, 0.25) is 0 Å². The van der Waals surface area contributed by atoms with Gasteiger partial charge in [0.15, 0.2) is 11.5 Å². The van der Waals surface area contributed by atoms with Crippen LogP contribution >= 0.6 is 22.6 Å². The summed E-state index contributed by atoms with van der Waals surface area (Å²) in [4.78, 5) is 12.5. The van der Waals surface area contributed by atoms with Crippen molar-refractivity contribution in [1.29, 1.82) is 5.26 Å². The number of anilines is 1. The van der Waals surface area contributed by atoms with Gasteiger partial charge in [0.2, 0.25) is 0 Å². The number of hydrogen-bond donors (Lipinski definition) is 1. The molecule has 5 nitrogen and oxygen atoms in total. The van der Waals surface area contributed by atoms with E-state index in [1.54, 1.807) is 30.3 Å². The van der Waals surface area contributed by atoms with Gasteiger partial charge in [-0.2, -0.15) is 18.4 Å². The Morgan fingerprint density at radius 2 is 1.89 bits per heavy atom. The number of carbonyl (C=O) groups excluding carboxylic acids is 1. The second-order valence-corrected chi connectivity index (χ2v) is 8.28. The molecule has 0 aliphatic heterocycles. The van der Waals surface area contributed by atoms with Crippen LogP contribution in [0.15, 0.2) is 66.2 Å². The Hall–Kier alpha value is -3.59. The number of benzene rings is 3. The fourth-order valence-corrected chi connectivity index (χ4v) is 3.80. The van der Waals surface area contributed by atoms with Gasteiger partial charge in [0.05, 0.1) is 16.2 Å². The average molecular weight is 596 g/mol. The minimum Gasteiger partial charge on any atom is -0.493 e. The molecule has 3 aromatic carbocycles. The van der Waals surface area contributed by atoms with Crippen LogP contribution in [0.25, 0.3) is 6.08 Å². The minimum atomic E-state index is -4.57. The molecule has 0 aromatic heterocycles. The van der Waals surface area contributed by atoms with Gasteiger partial charge >= 0.3 is 6.18 Å². The summed E-state index contributed by atoms with van der Waals surface area (Å²) in [6.45, 7) is -0.0446. The number of methoxy groups -OCH3 is 1. The molecule has 1 amide bonds. The summed E-state index contributed by atoms with van der Waals surface area (Å²) in [6.07, 6.45) is -3.30. The Bertz CT molecular complexity index is 1320. The molecule has 0 heterocycles. The summed E-state index contributed by atoms with van der Waals surface area (Å²) in [6, 6.07) is 15.2. The fourth-order valence-electron chi connectivity index (χ4n) is 3.02. The third kappa shape index (κ3) is 6.73. The number of nitriles is 1. The maximum absolute atomic E-state index is 13.9. The van der Waals surface area contributed by atoms with Gasteiger partial charge in [0.25, 0.3) is 5.91 Å². The maximum Gasteiger partial charge on any atom is 0.416 e. The number of ether oxygens (including phenoxy) is 2. The van der Waals surface area contributed by atoms with Gasteiger partial charge in [-0.1, -0.05) is 24.3 Å². The first-order valence-corrected chi connectivity index (χ1v) is 11.0. The Morgan fingerprint density at radius 1 is 1.14 bits per heavy atom. The van der Waals surface area contributed by atoms with Gasteiger partial charge in [-0.3, -0.25) is 4.79 Å². The molecule has 0 saturated heterocycles. The first kappa shape index (κ1) is 26.0. The highest BCUT2D eigenvalue weighted by Crippen LogP contribution is 2.35. The van der Waals surface area contributed by atoms with Crippen molar-refractivity contribution in [3.05, 3.63) is 92.3 Å². The number of hydrogen-bond acceptors (Lipinski definition) is 4. The molecule has 0 spiro atoms. The van der Waals surface area contributed by atoms with E-state index in [4.69, 9.17) is 9.47 Å². The molecular formula is C25H17F4IN2O3. The number of rotatable bonds is 7. The number of nitrogens with zero attached hydrogens (tertiary/aromatic N) is 1. The van der Waals surface area contributed by atoms with Crippen LogP contribution in [0.5, 0.6) is 11.5 Å². The molecule has 3 rings (SSSR count). The maximum atomic E-state index is 13.9. The predicted molar refractivity (Wildman–Crippen MR) is 130 cm³/mol. The zero-order valence-corrected chi connectivity index (χ0v) is 20.3. The minimum absolute atomic E-state index is 0.0446. The highest BCUT2D eigenvalue weighted by Gasteiger charge is 2.30. The van der Waals surface area contributed by atoms with Crippen molar-refractivity contribution >= 4 is 40.3 Å². The monoisotopic (exact) mass is 596 g/mol. The summed E-state index contributed by atoms with van der Waals surface area (Å²) in [5.41, 5.74) is -0.592. The first-order chi connectivity index (χ1) is 16.6. The molecule has 0 aliphatic rings. The van der Waals surface area contributed by atoms with Gasteiger partial charge in [0.1, 0.15) is 24.1 Å². The third-order valence-electron chi connectivity index (χ3n) is 4.71. The fraction of sp³-hybridized carbons (Fsp3) is 0.120. The topological polar surface area (TPSA) is 71.3 Å². The lowest BCUT2D eigenvalue weighted by molar-refractivity contribution is -0.137. The zero-order valence-electron chi connectivity index (χ0n) is 18.1. The van der Waals surface area contributed by atoms with Crippen molar-refractivity contribution in [2.24, 2.45) is 0 Å². The van der Waals surface area contributed by atoms with Crippen molar-refractivity contribution in [3.63, 3.8) is 0 Å².